The summed E-state index contributed by atoms with van der Waals surface area (Å²) in [6, 6.07) is 3.32. The molecule has 0 fully saturated rings. The number of ether oxygens (including phenoxy) is 1. The number of hydrogen-bond acceptors (Lipinski definition) is 4. The number of amides is 1. The number of methoxy groups -OCH3 is 1. The van der Waals surface area contributed by atoms with Gasteiger partial charge in [-0.25, -0.2) is 4.98 Å². The Morgan fingerprint density at radius 1 is 1.59 bits per heavy atom. The fourth-order valence-corrected chi connectivity index (χ4v) is 1.57. The average Bonchev–Trinajstić information content (AvgIpc) is 2.25. The first-order chi connectivity index (χ1) is 7.85. The Bertz CT molecular complexity index is 399. The zero-order valence-corrected chi connectivity index (χ0v) is 10.6. The van der Waals surface area contributed by atoms with Gasteiger partial charge in [-0.15, -0.1) is 0 Å². The summed E-state index contributed by atoms with van der Waals surface area (Å²) in [6.07, 6.45) is 1.56. The molecule has 0 spiro atoms. The number of hydrogen-bond donors (Lipinski definition) is 1. The number of carbonyl (C=O) groups excluding carboxylic acids is 1. The van der Waals surface area contributed by atoms with E-state index < -0.39 is 5.60 Å². The standard InChI is InChI=1S/C12H18N2O3/c1-12(2,16)8-14(3)11(15)9-6-5-7-13-10(9)17-4/h5-7,16H,8H2,1-4H3. The van der Waals surface area contributed by atoms with E-state index in [1.54, 1.807) is 39.2 Å². The molecule has 0 aliphatic heterocycles. The number of likely N-dealkylation sites (N-methyl/N-ethyl adjacent to an activating group) is 1. The van der Waals surface area contributed by atoms with Crippen molar-refractivity contribution in [2.45, 2.75) is 19.4 Å². The summed E-state index contributed by atoms with van der Waals surface area (Å²) in [5.74, 6) is 0.0668. The normalized spacial score (nSPS) is 11.1. The van der Waals surface area contributed by atoms with Gasteiger partial charge in [0.05, 0.1) is 12.7 Å². The molecule has 1 aromatic rings. The molecule has 5 heteroatoms. The first kappa shape index (κ1) is 13.4. The smallest absolute Gasteiger partial charge is 0.259 e. The Kier molecular flexibility index (Phi) is 4.07. The molecule has 1 rings (SSSR count). The Morgan fingerprint density at radius 2 is 2.24 bits per heavy atom. The summed E-state index contributed by atoms with van der Waals surface area (Å²) in [7, 11) is 3.10. The van der Waals surface area contributed by atoms with Crippen LogP contribution in [0.4, 0.5) is 0 Å². The number of aromatic nitrogens is 1. The Morgan fingerprint density at radius 3 is 2.76 bits per heavy atom. The lowest BCUT2D eigenvalue weighted by molar-refractivity contribution is 0.0365. The van der Waals surface area contributed by atoms with Crippen LogP contribution in [0.25, 0.3) is 0 Å². The van der Waals surface area contributed by atoms with E-state index in [0.29, 0.717) is 11.4 Å². The van der Waals surface area contributed by atoms with Gasteiger partial charge >= 0.3 is 0 Å². The number of aliphatic hydroxyl groups is 1. The zero-order chi connectivity index (χ0) is 13.1. The van der Waals surface area contributed by atoms with Crippen molar-refractivity contribution in [1.82, 2.24) is 9.88 Å². The summed E-state index contributed by atoms with van der Waals surface area (Å²) in [4.78, 5) is 17.5. The van der Waals surface area contributed by atoms with Gasteiger partial charge in [-0.3, -0.25) is 4.79 Å². The van der Waals surface area contributed by atoms with Gasteiger partial charge in [0.2, 0.25) is 5.88 Å². The van der Waals surface area contributed by atoms with Crippen LogP contribution in [0.15, 0.2) is 18.3 Å². The lowest BCUT2D eigenvalue weighted by Crippen LogP contribution is -2.39. The third-order valence-electron chi connectivity index (χ3n) is 2.17. The molecule has 0 saturated heterocycles. The van der Waals surface area contributed by atoms with Gasteiger partial charge in [0.15, 0.2) is 0 Å². The van der Waals surface area contributed by atoms with Crippen LogP contribution in [0.3, 0.4) is 0 Å². The highest BCUT2D eigenvalue weighted by atomic mass is 16.5. The third-order valence-corrected chi connectivity index (χ3v) is 2.17. The van der Waals surface area contributed by atoms with Crippen molar-refractivity contribution in [3.63, 3.8) is 0 Å². The van der Waals surface area contributed by atoms with E-state index in [0.717, 1.165) is 0 Å². The fourth-order valence-electron chi connectivity index (χ4n) is 1.57. The highest BCUT2D eigenvalue weighted by Gasteiger charge is 2.22. The first-order valence-electron chi connectivity index (χ1n) is 5.32. The maximum Gasteiger partial charge on any atom is 0.259 e. The maximum absolute atomic E-state index is 12.1. The zero-order valence-electron chi connectivity index (χ0n) is 10.6. The van der Waals surface area contributed by atoms with E-state index in [2.05, 4.69) is 4.98 Å². The molecule has 0 aliphatic rings. The van der Waals surface area contributed by atoms with Crippen LogP contribution in [0.1, 0.15) is 24.2 Å². The van der Waals surface area contributed by atoms with Crippen LogP contribution in [-0.2, 0) is 0 Å². The molecule has 0 radical (unpaired) electrons. The predicted molar refractivity (Wildman–Crippen MR) is 64.0 cm³/mol. The molecule has 0 aromatic carbocycles. The largest absolute Gasteiger partial charge is 0.480 e. The molecule has 0 atom stereocenters. The third kappa shape index (κ3) is 3.71. The van der Waals surface area contributed by atoms with Crippen molar-refractivity contribution in [3.8, 4) is 5.88 Å². The van der Waals surface area contributed by atoms with Gasteiger partial charge in [-0.1, -0.05) is 0 Å². The molecule has 17 heavy (non-hydrogen) atoms. The average molecular weight is 238 g/mol. The van der Waals surface area contributed by atoms with Crippen LogP contribution in [0.2, 0.25) is 0 Å². The molecule has 0 aliphatic carbocycles. The second-order valence-electron chi connectivity index (χ2n) is 4.53. The van der Waals surface area contributed by atoms with Gasteiger partial charge in [0.1, 0.15) is 5.56 Å². The van der Waals surface area contributed by atoms with Crippen LogP contribution in [0, 0.1) is 0 Å². The highest BCUT2D eigenvalue weighted by molar-refractivity contribution is 5.96. The molecule has 1 aromatic heterocycles. The van der Waals surface area contributed by atoms with Gasteiger partial charge in [0.25, 0.3) is 5.91 Å². The molecule has 5 nitrogen and oxygen atoms in total. The van der Waals surface area contributed by atoms with Gasteiger partial charge in [-0.2, -0.15) is 0 Å². The second kappa shape index (κ2) is 5.14. The van der Waals surface area contributed by atoms with E-state index in [9.17, 15) is 9.90 Å². The van der Waals surface area contributed by atoms with Gasteiger partial charge in [0, 0.05) is 19.8 Å². The lowest BCUT2D eigenvalue weighted by atomic mass is 10.1. The van der Waals surface area contributed by atoms with Crippen molar-refractivity contribution < 1.29 is 14.6 Å². The summed E-state index contributed by atoms with van der Waals surface area (Å²) >= 11 is 0. The second-order valence-corrected chi connectivity index (χ2v) is 4.53. The minimum Gasteiger partial charge on any atom is -0.480 e. The number of rotatable bonds is 4. The molecule has 1 amide bonds. The highest BCUT2D eigenvalue weighted by Crippen LogP contribution is 2.16. The molecular weight excluding hydrogens is 220 g/mol. The predicted octanol–water partition coefficient (Wildman–Crippen LogP) is 0.933. The van der Waals surface area contributed by atoms with Gasteiger partial charge < -0.3 is 14.7 Å². The first-order valence-corrected chi connectivity index (χ1v) is 5.32. The summed E-state index contributed by atoms with van der Waals surface area (Å²) in [5, 5.41) is 9.67. The number of pyridine rings is 1. The van der Waals surface area contributed by atoms with Crippen LogP contribution in [0.5, 0.6) is 5.88 Å². The van der Waals surface area contributed by atoms with E-state index in [4.69, 9.17) is 4.74 Å². The Labute approximate surface area is 101 Å². The van der Waals surface area contributed by atoms with Crippen molar-refractivity contribution >= 4 is 5.91 Å². The summed E-state index contributed by atoms with van der Waals surface area (Å²) in [6.45, 7) is 3.54. The van der Waals surface area contributed by atoms with E-state index in [1.165, 1.54) is 12.0 Å². The molecule has 0 unspecified atom stereocenters. The maximum atomic E-state index is 12.1. The van der Waals surface area contributed by atoms with E-state index >= 15 is 0 Å². The van der Waals surface area contributed by atoms with Crippen molar-refractivity contribution in [2.24, 2.45) is 0 Å². The molecule has 94 valence electrons. The Balaban J connectivity index is 2.89. The number of carbonyl (C=O) groups is 1. The lowest BCUT2D eigenvalue weighted by Gasteiger charge is -2.25. The fraction of sp³-hybridized carbons (Fsp3) is 0.500. The minimum atomic E-state index is -0.931. The van der Waals surface area contributed by atoms with Crippen molar-refractivity contribution in [2.75, 3.05) is 20.7 Å². The van der Waals surface area contributed by atoms with E-state index in [1.807, 2.05) is 0 Å². The van der Waals surface area contributed by atoms with Crippen LogP contribution < -0.4 is 4.74 Å². The SMILES string of the molecule is COc1ncccc1C(=O)N(C)CC(C)(C)O. The van der Waals surface area contributed by atoms with Crippen LogP contribution >= 0.6 is 0 Å². The molecule has 0 saturated carbocycles. The molecule has 1 N–H and O–H groups in total. The van der Waals surface area contributed by atoms with Gasteiger partial charge in [-0.05, 0) is 26.0 Å². The van der Waals surface area contributed by atoms with E-state index in [-0.39, 0.29) is 12.5 Å². The Hall–Kier alpha value is -1.62. The topological polar surface area (TPSA) is 62.7 Å². The quantitative estimate of drug-likeness (QED) is 0.847. The minimum absolute atomic E-state index is 0.225. The summed E-state index contributed by atoms with van der Waals surface area (Å²) < 4.78 is 5.03. The van der Waals surface area contributed by atoms with Crippen molar-refractivity contribution in [3.05, 3.63) is 23.9 Å². The molecular formula is C12H18N2O3. The number of nitrogens with zero attached hydrogens (tertiary/aromatic N) is 2. The summed E-state index contributed by atoms with van der Waals surface area (Å²) in [5.41, 5.74) is -0.540. The monoisotopic (exact) mass is 238 g/mol. The van der Waals surface area contributed by atoms with Crippen molar-refractivity contribution in [1.29, 1.82) is 0 Å². The molecule has 1 heterocycles. The van der Waals surface area contributed by atoms with Crippen LogP contribution in [-0.4, -0.2) is 47.2 Å². The molecule has 0 bridgehead atoms.